The zero-order valence-corrected chi connectivity index (χ0v) is 13.5. The Bertz CT molecular complexity index is 508. The second-order valence-corrected chi connectivity index (χ2v) is 6.84. The average Bonchev–Trinajstić information content (AvgIpc) is 2.31. The number of ether oxygens (including phenoxy) is 1. The molecule has 1 aliphatic heterocycles. The van der Waals surface area contributed by atoms with E-state index in [4.69, 9.17) is 4.74 Å². The first kappa shape index (κ1) is 14.4. The normalized spacial score (nSPS) is 15.1. The highest BCUT2D eigenvalue weighted by molar-refractivity contribution is 14.1. The summed E-state index contributed by atoms with van der Waals surface area (Å²) in [5.41, 5.74) is 1.48. The Kier molecular flexibility index (Phi) is 3.94. The molecule has 2 rings (SSSR count). The van der Waals surface area contributed by atoms with Crippen molar-refractivity contribution in [2.24, 2.45) is 0 Å². The summed E-state index contributed by atoms with van der Waals surface area (Å²) in [6, 6.07) is 3.58. The lowest BCUT2D eigenvalue weighted by Crippen LogP contribution is -2.40. The second-order valence-electron chi connectivity index (χ2n) is 5.68. The lowest BCUT2D eigenvalue weighted by Gasteiger charge is -2.31. The van der Waals surface area contributed by atoms with Crippen LogP contribution in [0.1, 0.15) is 31.9 Å². The van der Waals surface area contributed by atoms with Crippen LogP contribution in [0.3, 0.4) is 0 Å². The molecule has 1 aromatic rings. The lowest BCUT2D eigenvalue weighted by atomic mass is 9.99. The number of fused-ring (bicyclic) bond motifs is 1. The number of hydrogen-bond donors (Lipinski definition) is 1. The topological polar surface area (TPSA) is 49.8 Å². The minimum atomic E-state index is -0.496. The molecular formula is C14H18INO3. The summed E-state index contributed by atoms with van der Waals surface area (Å²) in [6.45, 7) is 6.59. The Morgan fingerprint density at radius 3 is 2.68 bits per heavy atom. The van der Waals surface area contributed by atoms with Crippen LogP contribution in [0, 0.1) is 3.57 Å². The third-order valence-corrected chi connectivity index (χ3v) is 3.99. The minimum Gasteiger partial charge on any atom is -0.508 e. The molecule has 0 radical (unpaired) electrons. The fraction of sp³-hybridized carbons (Fsp3) is 0.500. The maximum atomic E-state index is 12.0. The standard InChI is InChI=1S/C14H18INO3/c1-14(2,3)19-13(18)16-7-6-9-10(8-16)12(17)5-4-11(9)15/h4-5,17H,6-8H2,1-3H3. The monoisotopic (exact) mass is 375 g/mol. The first-order valence-electron chi connectivity index (χ1n) is 6.25. The first-order valence-corrected chi connectivity index (χ1v) is 7.33. The Balaban J connectivity index is 2.18. The highest BCUT2D eigenvalue weighted by atomic mass is 127. The van der Waals surface area contributed by atoms with E-state index in [-0.39, 0.29) is 11.8 Å². The number of carbonyl (C=O) groups excluding carboxylic acids is 1. The van der Waals surface area contributed by atoms with Gasteiger partial charge in [-0.2, -0.15) is 0 Å². The maximum absolute atomic E-state index is 12.0. The van der Waals surface area contributed by atoms with Crippen LogP contribution < -0.4 is 0 Å². The fourth-order valence-electron chi connectivity index (χ4n) is 2.10. The molecule has 1 aliphatic rings. The summed E-state index contributed by atoms with van der Waals surface area (Å²) >= 11 is 2.26. The first-order chi connectivity index (χ1) is 8.78. The van der Waals surface area contributed by atoms with Gasteiger partial charge in [0, 0.05) is 15.7 Å². The average molecular weight is 375 g/mol. The van der Waals surface area contributed by atoms with Crippen molar-refractivity contribution in [3.8, 4) is 5.75 Å². The van der Waals surface area contributed by atoms with Gasteiger partial charge in [0.15, 0.2) is 0 Å². The van der Waals surface area contributed by atoms with Crippen LogP contribution in [-0.2, 0) is 17.7 Å². The van der Waals surface area contributed by atoms with Crippen LogP contribution >= 0.6 is 22.6 Å². The number of amides is 1. The van der Waals surface area contributed by atoms with E-state index in [2.05, 4.69) is 22.6 Å². The predicted molar refractivity (Wildman–Crippen MR) is 81.2 cm³/mol. The molecule has 4 nitrogen and oxygen atoms in total. The Labute approximate surface area is 126 Å². The molecule has 1 aromatic carbocycles. The van der Waals surface area contributed by atoms with Crippen molar-refractivity contribution in [3.63, 3.8) is 0 Å². The number of benzene rings is 1. The number of aromatic hydroxyl groups is 1. The third kappa shape index (κ3) is 3.32. The number of phenols is 1. The van der Waals surface area contributed by atoms with E-state index < -0.39 is 5.60 Å². The van der Waals surface area contributed by atoms with Gasteiger partial charge in [0.25, 0.3) is 0 Å². The smallest absolute Gasteiger partial charge is 0.410 e. The molecule has 5 heteroatoms. The molecule has 0 spiro atoms. The summed E-state index contributed by atoms with van der Waals surface area (Å²) in [7, 11) is 0. The quantitative estimate of drug-likeness (QED) is 0.708. The molecule has 0 aliphatic carbocycles. The van der Waals surface area contributed by atoms with E-state index in [0.717, 1.165) is 21.1 Å². The van der Waals surface area contributed by atoms with E-state index in [9.17, 15) is 9.90 Å². The molecule has 0 saturated carbocycles. The summed E-state index contributed by atoms with van der Waals surface area (Å²) in [5.74, 6) is 0.253. The Morgan fingerprint density at radius 1 is 1.37 bits per heavy atom. The molecule has 0 unspecified atom stereocenters. The fourth-order valence-corrected chi connectivity index (χ4v) is 2.87. The summed E-state index contributed by atoms with van der Waals surface area (Å²) in [4.78, 5) is 13.7. The van der Waals surface area contributed by atoms with Gasteiger partial charge < -0.3 is 14.7 Å². The highest BCUT2D eigenvalue weighted by Gasteiger charge is 2.27. The number of carbonyl (C=O) groups is 1. The molecule has 0 saturated heterocycles. The lowest BCUT2D eigenvalue weighted by molar-refractivity contribution is 0.0222. The number of phenolic OH excluding ortho intramolecular Hbond substituents is 1. The number of halogens is 1. The molecule has 19 heavy (non-hydrogen) atoms. The second kappa shape index (κ2) is 5.19. The van der Waals surface area contributed by atoms with E-state index in [1.165, 1.54) is 0 Å². The largest absolute Gasteiger partial charge is 0.508 e. The van der Waals surface area contributed by atoms with Crippen LogP contribution in [0.15, 0.2) is 12.1 Å². The van der Waals surface area contributed by atoms with Gasteiger partial charge in [0.05, 0.1) is 6.54 Å². The molecule has 1 heterocycles. The molecule has 0 aromatic heterocycles. The summed E-state index contributed by atoms with van der Waals surface area (Å²) in [5, 5.41) is 9.93. The number of hydrogen-bond acceptors (Lipinski definition) is 3. The summed E-state index contributed by atoms with van der Waals surface area (Å²) in [6.07, 6.45) is 0.428. The van der Waals surface area contributed by atoms with Crippen LogP contribution in [0.4, 0.5) is 4.79 Å². The van der Waals surface area contributed by atoms with E-state index in [1.54, 1.807) is 11.0 Å². The van der Waals surface area contributed by atoms with Crippen molar-refractivity contribution < 1.29 is 14.6 Å². The van der Waals surface area contributed by atoms with Gasteiger partial charge in [-0.3, -0.25) is 0 Å². The zero-order chi connectivity index (χ0) is 14.2. The SMILES string of the molecule is CC(C)(C)OC(=O)N1CCc2c(I)ccc(O)c2C1. The molecule has 104 valence electrons. The third-order valence-electron chi connectivity index (χ3n) is 2.98. The van der Waals surface area contributed by atoms with Crippen LogP contribution in [-0.4, -0.2) is 28.2 Å². The van der Waals surface area contributed by atoms with Crippen LogP contribution in [0.5, 0.6) is 5.75 Å². The summed E-state index contributed by atoms with van der Waals surface area (Å²) < 4.78 is 6.50. The minimum absolute atomic E-state index is 0.253. The zero-order valence-electron chi connectivity index (χ0n) is 11.4. The molecular weight excluding hydrogens is 357 g/mol. The van der Waals surface area contributed by atoms with Gasteiger partial charge in [0.2, 0.25) is 0 Å². The van der Waals surface area contributed by atoms with Crippen molar-refractivity contribution >= 4 is 28.7 Å². The highest BCUT2D eigenvalue weighted by Crippen LogP contribution is 2.31. The van der Waals surface area contributed by atoms with Crippen molar-refractivity contribution in [1.29, 1.82) is 0 Å². The van der Waals surface area contributed by atoms with Crippen molar-refractivity contribution in [1.82, 2.24) is 4.90 Å². The molecule has 0 atom stereocenters. The van der Waals surface area contributed by atoms with Gasteiger partial charge in [-0.25, -0.2) is 4.79 Å². The Morgan fingerprint density at radius 2 is 2.05 bits per heavy atom. The van der Waals surface area contributed by atoms with Crippen molar-refractivity contribution in [2.45, 2.75) is 39.3 Å². The van der Waals surface area contributed by atoms with Crippen molar-refractivity contribution in [3.05, 3.63) is 26.8 Å². The van der Waals surface area contributed by atoms with Crippen LogP contribution in [0.25, 0.3) is 0 Å². The van der Waals surface area contributed by atoms with Gasteiger partial charge in [-0.05, 0) is 67.5 Å². The van der Waals surface area contributed by atoms with Crippen molar-refractivity contribution in [2.75, 3.05) is 6.54 Å². The van der Waals surface area contributed by atoms with E-state index >= 15 is 0 Å². The number of rotatable bonds is 0. The maximum Gasteiger partial charge on any atom is 0.410 e. The molecule has 1 N–H and O–H groups in total. The molecule has 0 bridgehead atoms. The van der Waals surface area contributed by atoms with E-state index in [1.807, 2.05) is 26.8 Å². The van der Waals surface area contributed by atoms with Gasteiger partial charge in [0.1, 0.15) is 11.4 Å². The Hall–Kier alpha value is -0.980. The molecule has 1 amide bonds. The number of nitrogens with zero attached hydrogens (tertiary/aromatic N) is 1. The van der Waals surface area contributed by atoms with Gasteiger partial charge >= 0.3 is 6.09 Å². The van der Waals surface area contributed by atoms with E-state index in [0.29, 0.717) is 13.1 Å². The molecule has 0 fully saturated rings. The van der Waals surface area contributed by atoms with Crippen LogP contribution in [0.2, 0.25) is 0 Å². The predicted octanol–water partition coefficient (Wildman–Crippen LogP) is 3.29. The van der Waals surface area contributed by atoms with Gasteiger partial charge in [-0.1, -0.05) is 0 Å². The van der Waals surface area contributed by atoms with Gasteiger partial charge in [-0.15, -0.1) is 0 Å².